The molecule has 5 aliphatic rings. The van der Waals surface area contributed by atoms with Gasteiger partial charge in [0.05, 0.1) is 11.5 Å². The van der Waals surface area contributed by atoms with Crippen LogP contribution in [-0.4, -0.2) is 60.0 Å². The standard InChI is InChI=1S/C29H41F2NO4/c1-18(2)9-11-32-15-20-13-26(4)22-7-6-19-12-21(33)8-10-25(19,3)29(22,31)23(34)14-27(26,5)28(20,16-32)24(35)36-17-30/h8,10,12,18,20,22-23,34H,6-7,9,11,13-17H2,1-5H3. The fourth-order valence-corrected chi connectivity index (χ4v) is 9.51. The molecule has 4 fully saturated rings. The van der Waals surface area contributed by atoms with Gasteiger partial charge in [-0.3, -0.25) is 9.59 Å². The van der Waals surface area contributed by atoms with Crippen LogP contribution < -0.4 is 0 Å². The number of nitrogens with zero attached hydrogens (tertiary/aromatic N) is 1. The van der Waals surface area contributed by atoms with Gasteiger partial charge in [-0.05, 0) is 80.4 Å². The van der Waals surface area contributed by atoms with Crippen molar-refractivity contribution < 1.29 is 28.2 Å². The van der Waals surface area contributed by atoms with Crippen molar-refractivity contribution in [1.82, 2.24) is 4.90 Å². The van der Waals surface area contributed by atoms with Gasteiger partial charge in [0, 0.05) is 24.4 Å². The molecule has 0 amide bonds. The lowest BCUT2D eigenvalue weighted by Crippen LogP contribution is -2.71. The molecule has 0 aromatic rings. The highest BCUT2D eigenvalue weighted by Gasteiger charge is 2.82. The topological polar surface area (TPSA) is 66.8 Å². The maximum atomic E-state index is 17.6. The summed E-state index contributed by atoms with van der Waals surface area (Å²) in [5.74, 6) is -0.775. The van der Waals surface area contributed by atoms with E-state index in [0.717, 1.165) is 18.5 Å². The van der Waals surface area contributed by atoms with Crippen molar-refractivity contribution in [2.24, 2.45) is 39.4 Å². The zero-order valence-electron chi connectivity index (χ0n) is 22.3. The highest BCUT2D eigenvalue weighted by atomic mass is 19.1. The normalized spacial score (nSPS) is 47.8. The van der Waals surface area contributed by atoms with Crippen molar-refractivity contribution in [3.63, 3.8) is 0 Å². The van der Waals surface area contributed by atoms with E-state index in [1.807, 2.05) is 6.92 Å². The van der Waals surface area contributed by atoms with E-state index in [4.69, 9.17) is 4.74 Å². The van der Waals surface area contributed by atoms with Gasteiger partial charge in [-0.2, -0.15) is 0 Å². The number of rotatable bonds is 5. The van der Waals surface area contributed by atoms with Crippen LogP contribution in [0.25, 0.3) is 0 Å². The summed E-state index contributed by atoms with van der Waals surface area (Å²) < 4.78 is 36.1. The van der Waals surface area contributed by atoms with Gasteiger partial charge in [-0.1, -0.05) is 39.3 Å². The molecule has 1 heterocycles. The van der Waals surface area contributed by atoms with Crippen molar-refractivity contribution in [2.75, 3.05) is 26.5 Å². The van der Waals surface area contributed by atoms with Crippen LogP contribution in [0, 0.1) is 39.4 Å². The van der Waals surface area contributed by atoms with Crippen molar-refractivity contribution >= 4 is 11.8 Å². The van der Waals surface area contributed by atoms with Crippen LogP contribution in [0.15, 0.2) is 23.8 Å². The van der Waals surface area contributed by atoms with E-state index in [0.29, 0.717) is 38.3 Å². The molecule has 0 aromatic heterocycles. The third-order valence-corrected chi connectivity index (χ3v) is 11.6. The second kappa shape index (κ2) is 8.20. The number of aliphatic hydroxyl groups excluding tert-OH is 1. The maximum absolute atomic E-state index is 17.6. The molecule has 8 atom stereocenters. The van der Waals surface area contributed by atoms with Gasteiger partial charge >= 0.3 is 5.97 Å². The lowest BCUT2D eigenvalue weighted by atomic mass is 9.39. The molecule has 4 aliphatic carbocycles. The second-order valence-corrected chi connectivity index (χ2v) is 13.3. The molecule has 1 N–H and O–H groups in total. The number of carbonyl (C=O) groups is 2. The van der Waals surface area contributed by atoms with Crippen LogP contribution >= 0.6 is 0 Å². The summed E-state index contributed by atoms with van der Waals surface area (Å²) in [4.78, 5) is 28.1. The lowest BCUT2D eigenvalue weighted by Gasteiger charge is -2.67. The Morgan fingerprint density at radius 3 is 2.67 bits per heavy atom. The molecule has 7 heteroatoms. The Hall–Kier alpha value is -1.60. The number of ether oxygens (including phenoxy) is 1. The Balaban J connectivity index is 1.60. The number of likely N-dealkylation sites (tertiary alicyclic amines) is 1. The summed E-state index contributed by atoms with van der Waals surface area (Å²) in [6, 6.07) is 0. The van der Waals surface area contributed by atoms with E-state index in [2.05, 4.69) is 25.7 Å². The van der Waals surface area contributed by atoms with E-state index < -0.39 is 52.2 Å². The number of ketones is 1. The molecule has 0 radical (unpaired) electrons. The Morgan fingerprint density at radius 2 is 2.00 bits per heavy atom. The number of fused-ring (bicyclic) bond motifs is 7. The molecule has 0 spiro atoms. The van der Waals surface area contributed by atoms with E-state index >= 15 is 4.39 Å². The van der Waals surface area contributed by atoms with Gasteiger partial charge in [0.15, 0.2) is 11.5 Å². The number of halogens is 2. The molecule has 36 heavy (non-hydrogen) atoms. The average molecular weight is 506 g/mol. The van der Waals surface area contributed by atoms with Crippen LogP contribution in [0.2, 0.25) is 0 Å². The van der Waals surface area contributed by atoms with Gasteiger partial charge in [-0.15, -0.1) is 0 Å². The van der Waals surface area contributed by atoms with Gasteiger partial charge < -0.3 is 14.7 Å². The summed E-state index contributed by atoms with van der Waals surface area (Å²) in [5.41, 5.74) is -4.68. The summed E-state index contributed by atoms with van der Waals surface area (Å²) >= 11 is 0. The second-order valence-electron chi connectivity index (χ2n) is 13.3. The Morgan fingerprint density at radius 1 is 1.28 bits per heavy atom. The van der Waals surface area contributed by atoms with E-state index in [9.17, 15) is 19.1 Å². The van der Waals surface area contributed by atoms with Crippen molar-refractivity contribution in [3.05, 3.63) is 23.8 Å². The number of carbonyl (C=O) groups excluding carboxylic acids is 2. The largest absolute Gasteiger partial charge is 0.433 e. The fourth-order valence-electron chi connectivity index (χ4n) is 9.51. The van der Waals surface area contributed by atoms with Crippen LogP contribution in [-0.2, 0) is 14.3 Å². The zero-order valence-corrected chi connectivity index (χ0v) is 22.3. The molecule has 0 aromatic carbocycles. The first-order valence-electron chi connectivity index (χ1n) is 13.6. The van der Waals surface area contributed by atoms with Gasteiger partial charge in [0.2, 0.25) is 6.86 Å². The Kier molecular flexibility index (Phi) is 5.93. The van der Waals surface area contributed by atoms with Crippen LogP contribution in [0.5, 0.6) is 0 Å². The first-order valence-corrected chi connectivity index (χ1v) is 13.6. The van der Waals surface area contributed by atoms with Crippen molar-refractivity contribution in [2.45, 2.75) is 78.5 Å². The van der Waals surface area contributed by atoms with Gasteiger partial charge in [-0.25, -0.2) is 8.78 Å². The number of hydrogen-bond donors (Lipinski definition) is 1. The molecule has 8 unspecified atom stereocenters. The summed E-state index contributed by atoms with van der Waals surface area (Å²) in [7, 11) is 0. The minimum absolute atomic E-state index is 0.0943. The minimum atomic E-state index is -1.97. The number of allylic oxidation sites excluding steroid dienone is 4. The van der Waals surface area contributed by atoms with Crippen LogP contribution in [0.3, 0.4) is 0 Å². The predicted octanol–water partition coefficient (Wildman–Crippen LogP) is 4.79. The summed E-state index contributed by atoms with van der Waals surface area (Å²) in [5, 5.41) is 11.7. The number of aliphatic hydroxyl groups is 1. The summed E-state index contributed by atoms with van der Waals surface area (Å²) in [6.07, 6.45) is 6.08. The van der Waals surface area contributed by atoms with Gasteiger partial charge in [0.25, 0.3) is 0 Å². The lowest BCUT2D eigenvalue weighted by molar-refractivity contribution is -0.241. The Labute approximate surface area is 213 Å². The quantitative estimate of drug-likeness (QED) is 0.544. The fraction of sp³-hybridized carbons (Fsp3) is 0.793. The van der Waals surface area contributed by atoms with Gasteiger partial charge in [0.1, 0.15) is 0 Å². The molecule has 1 saturated heterocycles. The van der Waals surface area contributed by atoms with Crippen LogP contribution in [0.1, 0.15) is 66.7 Å². The average Bonchev–Trinajstić information content (AvgIpc) is 3.25. The molecular weight excluding hydrogens is 464 g/mol. The molecule has 3 saturated carbocycles. The first-order chi connectivity index (χ1) is 16.8. The van der Waals surface area contributed by atoms with E-state index in [-0.39, 0.29) is 18.1 Å². The predicted molar refractivity (Wildman–Crippen MR) is 132 cm³/mol. The number of alkyl halides is 2. The van der Waals surface area contributed by atoms with Crippen molar-refractivity contribution in [3.8, 4) is 0 Å². The third-order valence-electron chi connectivity index (χ3n) is 11.6. The third kappa shape index (κ3) is 2.99. The maximum Gasteiger partial charge on any atom is 0.316 e. The number of hydrogen-bond acceptors (Lipinski definition) is 5. The van der Waals surface area contributed by atoms with E-state index in [1.165, 1.54) is 12.2 Å². The summed E-state index contributed by atoms with van der Waals surface area (Å²) in [6.45, 7) is 11.1. The number of esters is 1. The van der Waals surface area contributed by atoms with Crippen molar-refractivity contribution in [1.29, 1.82) is 0 Å². The molecule has 5 nitrogen and oxygen atoms in total. The highest BCUT2D eigenvalue weighted by molar-refractivity contribution is 6.01. The monoisotopic (exact) mass is 505 g/mol. The molecule has 1 aliphatic heterocycles. The van der Waals surface area contributed by atoms with E-state index in [1.54, 1.807) is 13.0 Å². The van der Waals surface area contributed by atoms with Crippen LogP contribution in [0.4, 0.5) is 8.78 Å². The molecule has 200 valence electrons. The molecule has 5 rings (SSSR count). The highest BCUT2D eigenvalue weighted by Crippen LogP contribution is 2.79. The minimum Gasteiger partial charge on any atom is -0.433 e. The first kappa shape index (κ1) is 26.0. The molecule has 0 bridgehead atoms. The molecular formula is C29H41F2NO4. The smallest absolute Gasteiger partial charge is 0.316 e. The SMILES string of the molecule is CC(C)CCN1CC2CC3(C)C4CCC5=CC(=O)C=CC5(C)C4(F)C(O)CC3(C)C2(C(=O)OCF)C1. The zero-order chi connectivity index (χ0) is 26.3. The Bertz CT molecular complexity index is 1030.